The molecule has 0 spiro atoms. The van der Waals surface area contributed by atoms with E-state index in [2.05, 4.69) is 5.32 Å². The van der Waals surface area contributed by atoms with Gasteiger partial charge in [-0.15, -0.1) is 0 Å². The van der Waals surface area contributed by atoms with Crippen LogP contribution in [0.25, 0.3) is 11.1 Å². The first kappa shape index (κ1) is 23.3. The maximum absolute atomic E-state index is 12.9. The molecule has 8 nitrogen and oxygen atoms in total. The fourth-order valence-corrected chi connectivity index (χ4v) is 4.03. The second kappa shape index (κ2) is 9.40. The fraction of sp³-hybridized carbons (Fsp3) is 0.375. The quantitative estimate of drug-likeness (QED) is 0.654. The average molecular weight is 440 g/mol. The Morgan fingerprint density at radius 1 is 1.09 bits per heavy atom. The summed E-state index contributed by atoms with van der Waals surface area (Å²) in [6.45, 7) is 2.82. The van der Waals surface area contributed by atoms with E-state index in [-0.39, 0.29) is 19.1 Å². The number of aliphatic carboxylic acids is 1. The summed E-state index contributed by atoms with van der Waals surface area (Å²) in [6, 6.07) is 14.9. The number of hydrogen-bond acceptors (Lipinski definition) is 5. The number of carboxylic acid groups (broad SMARTS) is 1. The predicted octanol–water partition coefficient (Wildman–Crippen LogP) is 2.86. The highest BCUT2D eigenvalue weighted by Gasteiger charge is 2.40. The van der Waals surface area contributed by atoms with Crippen molar-refractivity contribution in [2.45, 2.75) is 31.3 Å². The highest BCUT2D eigenvalue weighted by molar-refractivity contribution is 5.92. The molecule has 170 valence electrons. The Labute approximate surface area is 187 Å². The first-order valence-corrected chi connectivity index (χ1v) is 10.3. The Hall–Kier alpha value is -3.39. The smallest absolute Gasteiger partial charge is 0.408 e. The lowest BCUT2D eigenvalue weighted by atomic mass is 9.98. The van der Waals surface area contributed by atoms with Crippen molar-refractivity contribution in [1.29, 1.82) is 0 Å². The number of carbonyl (C=O) groups excluding carboxylic acids is 2. The number of benzene rings is 2. The van der Waals surface area contributed by atoms with Crippen LogP contribution in [0.4, 0.5) is 4.79 Å². The Morgan fingerprint density at radius 2 is 1.62 bits per heavy atom. The van der Waals surface area contributed by atoms with Gasteiger partial charge in [0.05, 0.1) is 6.61 Å². The maximum Gasteiger partial charge on any atom is 0.408 e. The maximum atomic E-state index is 12.9. The molecular weight excluding hydrogens is 412 g/mol. The number of amides is 2. The van der Waals surface area contributed by atoms with E-state index < -0.39 is 29.6 Å². The van der Waals surface area contributed by atoms with Crippen LogP contribution in [0.2, 0.25) is 0 Å². The molecule has 1 aliphatic rings. The molecule has 2 atom stereocenters. The monoisotopic (exact) mass is 440 g/mol. The second-order valence-electron chi connectivity index (χ2n) is 8.15. The Balaban J connectivity index is 1.73. The number of carboxylic acids is 1. The van der Waals surface area contributed by atoms with E-state index in [9.17, 15) is 19.5 Å². The standard InChI is InChI=1S/C24H28N2O6/c1-15(21(27)28)26(3)22(29)24(2,14-31-4)25-23(30)32-13-20-18-11-7-5-9-16(18)17-10-6-8-12-19(17)20/h5-12,15,20H,13-14H2,1-4H3,(H,25,30)(H,27,28). The van der Waals surface area contributed by atoms with E-state index in [1.54, 1.807) is 0 Å². The molecule has 0 saturated carbocycles. The van der Waals surface area contributed by atoms with Crippen LogP contribution in [0.15, 0.2) is 48.5 Å². The minimum absolute atomic E-state index is 0.0957. The number of nitrogens with zero attached hydrogens (tertiary/aromatic N) is 1. The van der Waals surface area contributed by atoms with Crippen molar-refractivity contribution in [3.63, 3.8) is 0 Å². The van der Waals surface area contributed by atoms with Gasteiger partial charge >= 0.3 is 12.1 Å². The van der Waals surface area contributed by atoms with Crippen molar-refractivity contribution in [3.8, 4) is 11.1 Å². The topological polar surface area (TPSA) is 105 Å². The third kappa shape index (κ3) is 4.45. The summed E-state index contributed by atoms with van der Waals surface area (Å²) in [7, 11) is 2.76. The zero-order valence-corrected chi connectivity index (χ0v) is 18.6. The SMILES string of the molecule is COCC(C)(NC(=O)OCC1c2ccccc2-c2ccccc21)C(=O)N(C)C(C)C(=O)O. The normalized spacial score (nSPS) is 15.1. The Kier molecular flexibility index (Phi) is 6.84. The van der Waals surface area contributed by atoms with Crippen LogP contribution in [0.3, 0.4) is 0 Å². The molecule has 0 heterocycles. The predicted molar refractivity (Wildman–Crippen MR) is 118 cm³/mol. The van der Waals surface area contributed by atoms with Gasteiger partial charge in [0.15, 0.2) is 0 Å². The van der Waals surface area contributed by atoms with Gasteiger partial charge in [-0.25, -0.2) is 9.59 Å². The molecule has 2 aromatic carbocycles. The van der Waals surface area contributed by atoms with Crippen LogP contribution in [0.1, 0.15) is 30.9 Å². The Bertz CT molecular complexity index is 978. The summed E-state index contributed by atoms with van der Waals surface area (Å²) in [5, 5.41) is 11.8. The van der Waals surface area contributed by atoms with Gasteiger partial charge < -0.3 is 24.8 Å². The molecule has 1 aliphatic carbocycles. The highest BCUT2D eigenvalue weighted by Crippen LogP contribution is 2.44. The molecule has 0 aliphatic heterocycles. The van der Waals surface area contributed by atoms with Gasteiger partial charge in [-0.3, -0.25) is 4.79 Å². The number of hydrogen-bond donors (Lipinski definition) is 2. The van der Waals surface area contributed by atoms with Crippen molar-refractivity contribution in [3.05, 3.63) is 59.7 Å². The van der Waals surface area contributed by atoms with Crippen molar-refractivity contribution in [2.24, 2.45) is 0 Å². The third-order valence-electron chi connectivity index (χ3n) is 5.89. The molecule has 32 heavy (non-hydrogen) atoms. The zero-order chi connectivity index (χ0) is 23.5. The average Bonchev–Trinajstić information content (AvgIpc) is 3.10. The summed E-state index contributed by atoms with van der Waals surface area (Å²) in [5.74, 6) is -1.86. The van der Waals surface area contributed by atoms with Crippen LogP contribution in [-0.2, 0) is 19.1 Å². The largest absolute Gasteiger partial charge is 0.480 e. The second-order valence-corrected chi connectivity index (χ2v) is 8.15. The number of methoxy groups -OCH3 is 1. The molecule has 8 heteroatoms. The summed E-state index contributed by atoms with van der Waals surface area (Å²) in [6.07, 6.45) is -0.781. The van der Waals surface area contributed by atoms with Crippen LogP contribution in [0, 0.1) is 0 Å². The molecular formula is C24H28N2O6. The number of fused-ring (bicyclic) bond motifs is 3. The number of rotatable bonds is 8. The number of likely N-dealkylation sites (N-methyl/N-ethyl adjacent to an activating group) is 1. The van der Waals surface area contributed by atoms with Gasteiger partial charge in [0.1, 0.15) is 18.2 Å². The van der Waals surface area contributed by atoms with Gasteiger partial charge in [-0.2, -0.15) is 0 Å². The Morgan fingerprint density at radius 3 is 2.12 bits per heavy atom. The lowest BCUT2D eigenvalue weighted by Gasteiger charge is -2.34. The molecule has 2 unspecified atom stereocenters. The first-order chi connectivity index (χ1) is 15.2. The number of nitrogens with one attached hydrogen (secondary N) is 1. The van der Waals surface area contributed by atoms with Crippen LogP contribution >= 0.6 is 0 Å². The molecule has 0 bridgehead atoms. The molecule has 0 radical (unpaired) electrons. The van der Waals surface area contributed by atoms with Crippen molar-refractivity contribution < 1.29 is 29.0 Å². The van der Waals surface area contributed by atoms with Gasteiger partial charge in [0.25, 0.3) is 5.91 Å². The summed E-state index contributed by atoms with van der Waals surface area (Å²) >= 11 is 0. The zero-order valence-electron chi connectivity index (χ0n) is 18.6. The molecule has 2 amide bonds. The molecule has 2 N–H and O–H groups in total. The van der Waals surface area contributed by atoms with Crippen LogP contribution in [0.5, 0.6) is 0 Å². The molecule has 0 saturated heterocycles. The number of carbonyl (C=O) groups is 3. The van der Waals surface area contributed by atoms with E-state index in [1.165, 1.54) is 28.0 Å². The molecule has 0 fully saturated rings. The molecule has 2 aromatic rings. The van der Waals surface area contributed by atoms with E-state index in [0.717, 1.165) is 27.2 Å². The summed E-state index contributed by atoms with van der Waals surface area (Å²) < 4.78 is 10.7. The third-order valence-corrected chi connectivity index (χ3v) is 5.89. The molecule has 0 aromatic heterocycles. The van der Waals surface area contributed by atoms with Gasteiger partial charge in [0.2, 0.25) is 0 Å². The van der Waals surface area contributed by atoms with Gasteiger partial charge in [-0.05, 0) is 36.1 Å². The lowest BCUT2D eigenvalue weighted by molar-refractivity contribution is -0.151. The lowest BCUT2D eigenvalue weighted by Crippen LogP contribution is -2.61. The number of alkyl carbamates (subject to hydrolysis) is 1. The van der Waals surface area contributed by atoms with E-state index in [4.69, 9.17) is 9.47 Å². The van der Waals surface area contributed by atoms with E-state index in [0.29, 0.717) is 0 Å². The highest BCUT2D eigenvalue weighted by atomic mass is 16.5. The minimum atomic E-state index is -1.49. The first-order valence-electron chi connectivity index (χ1n) is 10.3. The summed E-state index contributed by atoms with van der Waals surface area (Å²) in [4.78, 5) is 37.9. The van der Waals surface area contributed by atoms with E-state index in [1.807, 2.05) is 48.5 Å². The van der Waals surface area contributed by atoms with E-state index >= 15 is 0 Å². The van der Waals surface area contributed by atoms with Gasteiger partial charge in [-0.1, -0.05) is 48.5 Å². The van der Waals surface area contributed by atoms with Crippen molar-refractivity contribution in [2.75, 3.05) is 27.4 Å². The van der Waals surface area contributed by atoms with Crippen LogP contribution < -0.4 is 5.32 Å². The minimum Gasteiger partial charge on any atom is -0.480 e. The summed E-state index contributed by atoms with van der Waals surface area (Å²) in [5.41, 5.74) is 2.89. The molecule has 3 rings (SSSR count). The van der Waals surface area contributed by atoms with Crippen molar-refractivity contribution >= 4 is 18.0 Å². The van der Waals surface area contributed by atoms with Gasteiger partial charge in [0, 0.05) is 20.1 Å². The van der Waals surface area contributed by atoms with Crippen molar-refractivity contribution in [1.82, 2.24) is 10.2 Å². The fourth-order valence-electron chi connectivity index (χ4n) is 4.03. The number of ether oxygens (including phenoxy) is 2. The van der Waals surface area contributed by atoms with Crippen LogP contribution in [-0.4, -0.2) is 66.9 Å².